The van der Waals surface area contributed by atoms with Crippen molar-refractivity contribution in [1.29, 1.82) is 0 Å². The molecule has 4 rings (SSSR count). The molecule has 170 valence electrons. The first-order valence-corrected chi connectivity index (χ1v) is 12.6. The lowest BCUT2D eigenvalue weighted by atomic mass is 9.90. The normalized spacial score (nSPS) is 15.1. The van der Waals surface area contributed by atoms with Crippen LogP contribution in [0.5, 0.6) is 0 Å². The number of sulfonamides is 1. The zero-order valence-corrected chi connectivity index (χ0v) is 20.1. The topological polar surface area (TPSA) is 67.2 Å². The Hall–Kier alpha value is -2.64. The van der Waals surface area contributed by atoms with E-state index in [0.717, 1.165) is 42.2 Å². The minimum Gasteiger partial charge on any atom is -0.317 e. The van der Waals surface area contributed by atoms with Gasteiger partial charge in [0.05, 0.1) is 22.0 Å². The molecule has 32 heavy (non-hydrogen) atoms. The molecule has 7 heteroatoms. The van der Waals surface area contributed by atoms with Crippen molar-refractivity contribution in [3.63, 3.8) is 0 Å². The standard InChI is InChI=1S/C25H32N4O2S/c1-18-25(19(2)28(3)27-18)29(4)32(30,31)24-10-8-22(9-11-24)23-7-5-6-21(17-23)16-20-12-14-26-15-13-20/h5-11,17,20,26H,12-16H2,1-4H3. The van der Waals surface area contributed by atoms with E-state index in [1.165, 1.54) is 22.7 Å². The Balaban J connectivity index is 1.55. The van der Waals surface area contributed by atoms with Crippen molar-refractivity contribution in [3.8, 4) is 11.1 Å². The molecule has 0 bridgehead atoms. The van der Waals surface area contributed by atoms with Gasteiger partial charge in [-0.15, -0.1) is 0 Å². The molecule has 1 N–H and O–H groups in total. The van der Waals surface area contributed by atoms with E-state index < -0.39 is 10.0 Å². The molecular weight excluding hydrogens is 420 g/mol. The van der Waals surface area contributed by atoms with Gasteiger partial charge in [-0.1, -0.05) is 36.4 Å². The first-order valence-electron chi connectivity index (χ1n) is 11.2. The van der Waals surface area contributed by atoms with E-state index in [-0.39, 0.29) is 4.90 Å². The Labute approximate surface area is 191 Å². The largest absolute Gasteiger partial charge is 0.317 e. The van der Waals surface area contributed by atoms with Gasteiger partial charge >= 0.3 is 0 Å². The number of benzene rings is 2. The number of anilines is 1. The average Bonchev–Trinajstić information content (AvgIpc) is 3.05. The predicted octanol–water partition coefficient (Wildman–Crippen LogP) is 4.07. The fourth-order valence-electron chi connectivity index (χ4n) is 4.61. The van der Waals surface area contributed by atoms with Gasteiger partial charge in [0.25, 0.3) is 10.0 Å². The van der Waals surface area contributed by atoms with Crippen LogP contribution < -0.4 is 9.62 Å². The first kappa shape index (κ1) is 22.6. The maximum Gasteiger partial charge on any atom is 0.264 e. The molecule has 0 saturated carbocycles. The fraction of sp³-hybridized carbons (Fsp3) is 0.400. The fourth-order valence-corrected chi connectivity index (χ4v) is 5.91. The molecule has 0 spiro atoms. The monoisotopic (exact) mass is 452 g/mol. The van der Waals surface area contributed by atoms with E-state index in [0.29, 0.717) is 11.4 Å². The third kappa shape index (κ3) is 4.45. The van der Waals surface area contributed by atoms with Gasteiger partial charge in [0.2, 0.25) is 0 Å². The third-order valence-corrected chi connectivity index (χ3v) is 8.31. The van der Waals surface area contributed by atoms with Crippen molar-refractivity contribution >= 4 is 15.7 Å². The van der Waals surface area contributed by atoms with Crippen LogP contribution >= 0.6 is 0 Å². The minimum absolute atomic E-state index is 0.275. The highest BCUT2D eigenvalue weighted by molar-refractivity contribution is 7.92. The number of aryl methyl sites for hydroxylation is 2. The summed E-state index contributed by atoms with van der Waals surface area (Å²) in [6.45, 7) is 5.91. The summed E-state index contributed by atoms with van der Waals surface area (Å²) in [5, 5.41) is 7.77. The van der Waals surface area contributed by atoms with Crippen LogP contribution in [0.2, 0.25) is 0 Å². The molecular formula is C25H32N4O2S. The van der Waals surface area contributed by atoms with Crippen LogP contribution in [0.4, 0.5) is 5.69 Å². The molecule has 1 aliphatic heterocycles. The summed E-state index contributed by atoms with van der Waals surface area (Å²) in [5.41, 5.74) is 5.62. The van der Waals surface area contributed by atoms with Crippen molar-refractivity contribution in [2.24, 2.45) is 13.0 Å². The van der Waals surface area contributed by atoms with E-state index in [9.17, 15) is 8.42 Å². The SMILES string of the molecule is Cc1nn(C)c(C)c1N(C)S(=O)(=O)c1ccc(-c2cccc(CC3CCNCC3)c2)cc1. The van der Waals surface area contributed by atoms with Gasteiger partial charge in [-0.3, -0.25) is 8.99 Å². The van der Waals surface area contributed by atoms with Gasteiger partial charge in [-0.25, -0.2) is 8.42 Å². The molecule has 2 heterocycles. The molecule has 0 unspecified atom stereocenters. The quantitative estimate of drug-likeness (QED) is 0.612. The maximum atomic E-state index is 13.3. The Morgan fingerprint density at radius 1 is 1.06 bits per heavy atom. The van der Waals surface area contributed by atoms with Crippen molar-refractivity contribution in [3.05, 3.63) is 65.5 Å². The summed E-state index contributed by atoms with van der Waals surface area (Å²) in [6.07, 6.45) is 3.54. The lowest BCUT2D eigenvalue weighted by Crippen LogP contribution is -2.28. The Kier molecular flexibility index (Phi) is 6.40. The second kappa shape index (κ2) is 9.08. The molecule has 1 aliphatic rings. The number of nitrogens with zero attached hydrogens (tertiary/aromatic N) is 3. The van der Waals surface area contributed by atoms with E-state index >= 15 is 0 Å². The molecule has 1 saturated heterocycles. The van der Waals surface area contributed by atoms with Crippen LogP contribution in [0.15, 0.2) is 53.4 Å². The first-order chi connectivity index (χ1) is 15.3. The Morgan fingerprint density at radius 3 is 2.38 bits per heavy atom. The van der Waals surface area contributed by atoms with Crippen LogP contribution in [-0.2, 0) is 23.5 Å². The minimum atomic E-state index is -3.68. The van der Waals surface area contributed by atoms with E-state index in [4.69, 9.17) is 0 Å². The average molecular weight is 453 g/mol. The van der Waals surface area contributed by atoms with Crippen molar-refractivity contribution in [2.45, 2.75) is 38.0 Å². The van der Waals surface area contributed by atoms with Crippen LogP contribution in [-0.4, -0.2) is 38.3 Å². The van der Waals surface area contributed by atoms with Crippen LogP contribution in [0.3, 0.4) is 0 Å². The van der Waals surface area contributed by atoms with Gasteiger partial charge in [-0.05, 0) is 80.9 Å². The number of nitrogens with one attached hydrogen (secondary N) is 1. The third-order valence-electron chi connectivity index (χ3n) is 6.54. The smallest absolute Gasteiger partial charge is 0.264 e. The molecule has 2 aromatic carbocycles. The molecule has 0 aliphatic carbocycles. The lowest BCUT2D eigenvalue weighted by Gasteiger charge is -2.22. The van der Waals surface area contributed by atoms with Crippen LogP contribution in [0, 0.1) is 19.8 Å². The Bertz CT molecular complexity index is 1190. The molecule has 6 nitrogen and oxygen atoms in total. The van der Waals surface area contributed by atoms with E-state index in [1.54, 1.807) is 23.9 Å². The number of piperidine rings is 1. The molecule has 1 aromatic heterocycles. The van der Waals surface area contributed by atoms with Crippen LogP contribution in [0.1, 0.15) is 29.8 Å². The highest BCUT2D eigenvalue weighted by atomic mass is 32.2. The maximum absolute atomic E-state index is 13.3. The summed E-state index contributed by atoms with van der Waals surface area (Å²) in [4.78, 5) is 0.275. The zero-order valence-electron chi connectivity index (χ0n) is 19.3. The molecule has 3 aromatic rings. The summed E-state index contributed by atoms with van der Waals surface area (Å²) >= 11 is 0. The van der Waals surface area contributed by atoms with Gasteiger partial charge in [0, 0.05) is 14.1 Å². The highest BCUT2D eigenvalue weighted by Crippen LogP contribution is 2.30. The number of aromatic nitrogens is 2. The molecule has 0 amide bonds. The highest BCUT2D eigenvalue weighted by Gasteiger charge is 2.26. The van der Waals surface area contributed by atoms with E-state index in [1.807, 2.05) is 33.0 Å². The van der Waals surface area contributed by atoms with Crippen molar-refractivity contribution in [2.75, 3.05) is 24.4 Å². The molecule has 0 radical (unpaired) electrons. The van der Waals surface area contributed by atoms with Crippen molar-refractivity contribution < 1.29 is 8.42 Å². The molecule has 1 fully saturated rings. The molecule has 0 atom stereocenters. The van der Waals surface area contributed by atoms with Gasteiger partial charge in [-0.2, -0.15) is 5.10 Å². The second-order valence-electron chi connectivity index (χ2n) is 8.74. The number of hydrogen-bond donors (Lipinski definition) is 1. The van der Waals surface area contributed by atoms with Gasteiger partial charge in [0.1, 0.15) is 0 Å². The number of hydrogen-bond acceptors (Lipinski definition) is 4. The number of rotatable bonds is 6. The van der Waals surface area contributed by atoms with Gasteiger partial charge < -0.3 is 5.32 Å². The Morgan fingerprint density at radius 2 is 1.75 bits per heavy atom. The van der Waals surface area contributed by atoms with Crippen LogP contribution in [0.25, 0.3) is 11.1 Å². The second-order valence-corrected chi connectivity index (χ2v) is 10.7. The zero-order chi connectivity index (χ0) is 22.9. The summed E-state index contributed by atoms with van der Waals surface area (Å²) in [7, 11) is -0.268. The lowest BCUT2D eigenvalue weighted by molar-refractivity contribution is 0.373. The van der Waals surface area contributed by atoms with Gasteiger partial charge in [0.15, 0.2) is 0 Å². The summed E-state index contributed by atoms with van der Waals surface area (Å²) < 4.78 is 29.5. The van der Waals surface area contributed by atoms with Crippen molar-refractivity contribution in [1.82, 2.24) is 15.1 Å². The summed E-state index contributed by atoms with van der Waals surface area (Å²) in [5.74, 6) is 0.731. The van der Waals surface area contributed by atoms with E-state index in [2.05, 4.69) is 34.7 Å². The predicted molar refractivity (Wildman–Crippen MR) is 129 cm³/mol. The summed E-state index contributed by atoms with van der Waals surface area (Å²) in [6, 6.07) is 15.8.